The molecule has 0 spiro atoms. The highest BCUT2D eigenvalue weighted by Gasteiger charge is 2.47. The third-order valence-corrected chi connectivity index (χ3v) is 5.83. The average Bonchev–Trinajstić information content (AvgIpc) is 2.72. The maximum Gasteiger partial charge on any atom is 0.336 e. The molecule has 0 aromatic heterocycles. The molecule has 1 aliphatic carbocycles. The number of Topliss-reactive ketones (excluding diaryl/α,β-unsaturated/α-hetero) is 1. The number of hydrogen-bond acceptors (Lipinski definition) is 7. The number of nitrogens with one attached hydrogen (secondary N) is 1. The van der Waals surface area contributed by atoms with E-state index in [-0.39, 0.29) is 24.4 Å². The Kier molecular flexibility index (Phi) is 7.06. The van der Waals surface area contributed by atoms with E-state index >= 15 is 0 Å². The lowest BCUT2D eigenvalue weighted by Crippen LogP contribution is -2.43. The molecule has 1 aromatic carbocycles. The molecule has 7 nitrogen and oxygen atoms in total. The van der Waals surface area contributed by atoms with Crippen LogP contribution in [0.5, 0.6) is 5.75 Å². The number of ether oxygens (including phenoxy) is 3. The molecule has 1 aliphatic heterocycles. The summed E-state index contributed by atoms with van der Waals surface area (Å²) in [6.45, 7) is 9.43. The molecule has 1 heterocycles. The molecule has 1 aromatic rings. The highest BCUT2D eigenvalue weighted by molar-refractivity contribution is 6.12. The van der Waals surface area contributed by atoms with Gasteiger partial charge in [-0.1, -0.05) is 25.1 Å². The third kappa shape index (κ3) is 4.29. The number of allylic oxidation sites excluding steroid dienone is 3. The van der Waals surface area contributed by atoms with E-state index in [0.717, 1.165) is 5.70 Å². The fraction of sp³-hybridized carbons (Fsp3) is 0.480. The van der Waals surface area contributed by atoms with Gasteiger partial charge < -0.3 is 19.5 Å². The van der Waals surface area contributed by atoms with E-state index in [4.69, 9.17) is 14.2 Å². The second-order valence-electron chi connectivity index (χ2n) is 8.46. The van der Waals surface area contributed by atoms with Crippen LogP contribution in [-0.4, -0.2) is 37.5 Å². The Morgan fingerprint density at radius 2 is 1.91 bits per heavy atom. The van der Waals surface area contributed by atoms with Gasteiger partial charge in [0.25, 0.3) is 0 Å². The smallest absolute Gasteiger partial charge is 0.336 e. The van der Waals surface area contributed by atoms with E-state index in [1.54, 1.807) is 13.8 Å². The first kappa shape index (κ1) is 23.6. The summed E-state index contributed by atoms with van der Waals surface area (Å²) in [6.07, 6.45) is 0.380. The molecule has 1 N–H and O–H groups in total. The Hall–Kier alpha value is -3.09. The van der Waals surface area contributed by atoms with Gasteiger partial charge in [-0.05, 0) is 46.1 Å². The molecule has 172 valence electrons. The minimum atomic E-state index is -0.928. The van der Waals surface area contributed by atoms with Crippen LogP contribution in [0.1, 0.15) is 52.5 Å². The minimum absolute atomic E-state index is 0.104. The summed E-state index contributed by atoms with van der Waals surface area (Å²) in [5.74, 6) is -2.71. The predicted molar refractivity (Wildman–Crippen MR) is 119 cm³/mol. The van der Waals surface area contributed by atoms with Crippen LogP contribution in [0.4, 0.5) is 0 Å². The van der Waals surface area contributed by atoms with Crippen molar-refractivity contribution in [1.29, 1.82) is 0 Å². The molecule has 2 aliphatic rings. The first-order chi connectivity index (χ1) is 15.2. The standard InChI is InChI=1S/C25H31NO6/c1-7-31-25(29)20-15(5)26-17-12-14(4)19(24(28)30-6)23(27)22(17)21(20)16-10-8-9-11-18(16)32-13(2)3/h8-11,13-14,19,21,26H,7,12H2,1-6H3/t14-,19+,21+/m0/s1. The topological polar surface area (TPSA) is 90.9 Å². The van der Waals surface area contributed by atoms with Crippen LogP contribution in [0.25, 0.3) is 0 Å². The van der Waals surface area contributed by atoms with Crippen molar-refractivity contribution in [3.05, 3.63) is 52.4 Å². The summed E-state index contributed by atoms with van der Waals surface area (Å²) < 4.78 is 16.3. The lowest BCUT2D eigenvalue weighted by Gasteiger charge is -2.38. The zero-order chi connectivity index (χ0) is 23.6. The van der Waals surface area contributed by atoms with E-state index in [2.05, 4.69) is 5.32 Å². The number of para-hydroxylation sites is 1. The lowest BCUT2D eigenvalue weighted by molar-refractivity contribution is -0.151. The van der Waals surface area contributed by atoms with Crippen molar-refractivity contribution >= 4 is 17.7 Å². The first-order valence-electron chi connectivity index (χ1n) is 11.0. The van der Waals surface area contributed by atoms with Gasteiger partial charge in [0, 0.05) is 22.5 Å². The summed E-state index contributed by atoms with van der Waals surface area (Å²) >= 11 is 0. The van der Waals surface area contributed by atoms with Gasteiger partial charge in [-0.15, -0.1) is 0 Å². The lowest BCUT2D eigenvalue weighted by atomic mass is 9.69. The van der Waals surface area contributed by atoms with Crippen molar-refractivity contribution < 1.29 is 28.6 Å². The van der Waals surface area contributed by atoms with E-state index < -0.39 is 23.8 Å². The van der Waals surface area contributed by atoms with Crippen LogP contribution in [0.2, 0.25) is 0 Å². The number of carbonyl (C=O) groups excluding carboxylic acids is 3. The van der Waals surface area contributed by atoms with Crippen LogP contribution in [0.3, 0.4) is 0 Å². The van der Waals surface area contributed by atoms with E-state index in [1.165, 1.54) is 7.11 Å². The predicted octanol–water partition coefficient (Wildman–Crippen LogP) is 3.65. The normalized spacial score (nSPS) is 23.0. The van der Waals surface area contributed by atoms with Gasteiger partial charge in [-0.2, -0.15) is 0 Å². The Morgan fingerprint density at radius 3 is 2.53 bits per heavy atom. The summed E-state index contributed by atoms with van der Waals surface area (Å²) in [5.41, 5.74) is 2.77. The summed E-state index contributed by atoms with van der Waals surface area (Å²) in [4.78, 5) is 39.2. The van der Waals surface area contributed by atoms with Crippen molar-refractivity contribution in [2.45, 2.75) is 53.1 Å². The fourth-order valence-corrected chi connectivity index (χ4v) is 4.55. The number of ketones is 1. The molecule has 0 radical (unpaired) electrons. The molecule has 0 saturated heterocycles. The second kappa shape index (κ2) is 9.59. The van der Waals surface area contributed by atoms with Gasteiger partial charge in [0.2, 0.25) is 0 Å². The second-order valence-corrected chi connectivity index (χ2v) is 8.46. The summed E-state index contributed by atoms with van der Waals surface area (Å²) in [5, 5.41) is 3.25. The number of esters is 2. The van der Waals surface area contributed by atoms with E-state index in [0.29, 0.717) is 34.6 Å². The maximum atomic E-state index is 13.7. The van der Waals surface area contributed by atoms with Gasteiger partial charge >= 0.3 is 11.9 Å². The molecule has 0 unspecified atom stereocenters. The number of methoxy groups -OCH3 is 1. The van der Waals surface area contributed by atoms with Crippen molar-refractivity contribution in [3.8, 4) is 5.75 Å². The first-order valence-corrected chi connectivity index (χ1v) is 11.0. The fourth-order valence-electron chi connectivity index (χ4n) is 4.55. The molecule has 0 fully saturated rings. The number of carbonyl (C=O) groups is 3. The van der Waals surface area contributed by atoms with Gasteiger partial charge in [-0.25, -0.2) is 4.79 Å². The number of hydrogen-bond donors (Lipinski definition) is 1. The van der Waals surface area contributed by atoms with Crippen molar-refractivity contribution in [2.24, 2.45) is 11.8 Å². The third-order valence-electron chi connectivity index (χ3n) is 5.83. The zero-order valence-corrected chi connectivity index (χ0v) is 19.5. The number of dihydropyridines is 1. The minimum Gasteiger partial charge on any atom is -0.491 e. The van der Waals surface area contributed by atoms with Crippen LogP contribution in [0, 0.1) is 11.8 Å². The summed E-state index contributed by atoms with van der Waals surface area (Å²) in [7, 11) is 1.28. The molecule has 32 heavy (non-hydrogen) atoms. The Bertz CT molecular complexity index is 990. The van der Waals surface area contributed by atoms with Gasteiger partial charge in [0.05, 0.1) is 31.3 Å². The van der Waals surface area contributed by atoms with Crippen LogP contribution >= 0.6 is 0 Å². The van der Waals surface area contributed by atoms with E-state index in [9.17, 15) is 14.4 Å². The molecular weight excluding hydrogens is 410 g/mol. The molecule has 0 bridgehead atoms. The largest absolute Gasteiger partial charge is 0.491 e. The Labute approximate surface area is 188 Å². The highest BCUT2D eigenvalue weighted by atomic mass is 16.5. The van der Waals surface area contributed by atoms with Crippen LogP contribution in [0.15, 0.2) is 46.8 Å². The van der Waals surface area contributed by atoms with Crippen LogP contribution in [-0.2, 0) is 23.9 Å². The zero-order valence-electron chi connectivity index (χ0n) is 19.5. The van der Waals surface area contributed by atoms with Crippen LogP contribution < -0.4 is 10.1 Å². The molecule has 3 atom stereocenters. The molecular formula is C25H31NO6. The Balaban J connectivity index is 2.24. The monoisotopic (exact) mass is 441 g/mol. The van der Waals surface area contributed by atoms with Crippen molar-refractivity contribution in [1.82, 2.24) is 5.32 Å². The maximum absolute atomic E-state index is 13.7. The molecule has 3 rings (SSSR count). The molecule has 7 heteroatoms. The number of benzene rings is 1. The Morgan fingerprint density at radius 1 is 1.22 bits per heavy atom. The highest BCUT2D eigenvalue weighted by Crippen LogP contribution is 2.47. The molecule has 0 saturated carbocycles. The molecule has 0 amide bonds. The quantitative estimate of drug-likeness (QED) is 0.532. The van der Waals surface area contributed by atoms with Gasteiger partial charge in [0.15, 0.2) is 5.78 Å². The summed E-state index contributed by atoms with van der Waals surface area (Å²) in [6, 6.07) is 7.36. The SMILES string of the molecule is CCOC(=O)C1=C(C)NC2=C(C(=O)[C@H](C(=O)OC)[C@@H](C)C2)[C@@H]1c1ccccc1OC(C)C. The van der Waals surface area contributed by atoms with E-state index in [1.807, 2.05) is 45.0 Å². The average molecular weight is 442 g/mol. The van der Waals surface area contributed by atoms with Crippen molar-refractivity contribution in [2.75, 3.05) is 13.7 Å². The van der Waals surface area contributed by atoms with Crippen molar-refractivity contribution in [3.63, 3.8) is 0 Å². The van der Waals surface area contributed by atoms with Gasteiger partial charge in [0.1, 0.15) is 11.7 Å². The number of rotatable bonds is 6. The van der Waals surface area contributed by atoms with Gasteiger partial charge in [-0.3, -0.25) is 9.59 Å².